The van der Waals surface area contributed by atoms with Gasteiger partial charge in [0, 0.05) is 0 Å². The molecule has 1 aliphatic rings. The molecule has 4 heteroatoms. The molecular formula is C15H30N2O2. The molecule has 1 saturated heterocycles. The number of hydrogen-bond acceptors (Lipinski definition) is 4. The lowest BCUT2D eigenvalue weighted by atomic mass is 9.82. The SMILES string of the molecule is CNC(C)(CCCN1CCC(C)(C)CC1)C(=O)OC. The lowest BCUT2D eigenvalue weighted by Crippen LogP contribution is -2.49. The minimum Gasteiger partial charge on any atom is -0.468 e. The average molecular weight is 270 g/mol. The number of methoxy groups -OCH3 is 1. The van der Waals surface area contributed by atoms with Crippen molar-refractivity contribution in [3.05, 3.63) is 0 Å². The molecule has 4 nitrogen and oxygen atoms in total. The lowest BCUT2D eigenvalue weighted by Gasteiger charge is -2.37. The molecule has 1 unspecified atom stereocenters. The number of piperidine rings is 1. The number of likely N-dealkylation sites (N-methyl/N-ethyl adjacent to an activating group) is 1. The Balaban J connectivity index is 2.32. The van der Waals surface area contributed by atoms with Crippen molar-refractivity contribution in [1.82, 2.24) is 10.2 Å². The Kier molecular flexibility index (Phi) is 5.81. The largest absolute Gasteiger partial charge is 0.468 e. The number of carbonyl (C=O) groups is 1. The molecule has 0 aromatic carbocycles. The summed E-state index contributed by atoms with van der Waals surface area (Å²) in [6.07, 6.45) is 4.38. The fourth-order valence-electron chi connectivity index (χ4n) is 2.59. The second-order valence-corrected chi connectivity index (χ2v) is 6.68. The van der Waals surface area contributed by atoms with Crippen LogP contribution in [0.15, 0.2) is 0 Å². The molecule has 0 spiro atoms. The quantitative estimate of drug-likeness (QED) is 0.750. The van der Waals surface area contributed by atoms with E-state index in [2.05, 4.69) is 24.1 Å². The molecule has 19 heavy (non-hydrogen) atoms. The molecule has 0 bridgehead atoms. The Morgan fingerprint density at radius 1 is 1.37 bits per heavy atom. The fraction of sp³-hybridized carbons (Fsp3) is 0.933. The summed E-state index contributed by atoms with van der Waals surface area (Å²) in [5.41, 5.74) is -0.0498. The smallest absolute Gasteiger partial charge is 0.325 e. The standard InChI is InChI=1S/C15H30N2O2/c1-14(2)8-11-17(12-9-14)10-6-7-15(3,16-4)13(18)19-5/h16H,6-12H2,1-5H3. The average Bonchev–Trinajstić information content (AvgIpc) is 2.39. The van der Waals surface area contributed by atoms with Gasteiger partial charge in [-0.1, -0.05) is 13.8 Å². The maximum Gasteiger partial charge on any atom is 0.325 e. The predicted octanol–water partition coefficient (Wildman–Crippen LogP) is 2.04. The number of nitrogens with zero attached hydrogens (tertiary/aromatic N) is 1. The van der Waals surface area contributed by atoms with Gasteiger partial charge in [0.05, 0.1) is 7.11 Å². The first-order valence-corrected chi connectivity index (χ1v) is 7.33. The first-order valence-electron chi connectivity index (χ1n) is 7.33. The van der Waals surface area contributed by atoms with Crippen molar-refractivity contribution in [2.24, 2.45) is 5.41 Å². The summed E-state index contributed by atoms with van der Waals surface area (Å²) in [4.78, 5) is 14.2. The van der Waals surface area contributed by atoms with Crippen LogP contribution < -0.4 is 5.32 Å². The minimum absolute atomic E-state index is 0.172. The van der Waals surface area contributed by atoms with Crippen LogP contribution in [0.2, 0.25) is 0 Å². The van der Waals surface area contributed by atoms with Gasteiger partial charge in [-0.15, -0.1) is 0 Å². The van der Waals surface area contributed by atoms with Crippen LogP contribution in [-0.4, -0.2) is 50.2 Å². The van der Waals surface area contributed by atoms with Gasteiger partial charge in [0.2, 0.25) is 0 Å². The van der Waals surface area contributed by atoms with E-state index < -0.39 is 5.54 Å². The number of hydrogen-bond donors (Lipinski definition) is 1. The van der Waals surface area contributed by atoms with E-state index in [-0.39, 0.29) is 5.97 Å². The van der Waals surface area contributed by atoms with Crippen LogP contribution in [-0.2, 0) is 9.53 Å². The summed E-state index contributed by atoms with van der Waals surface area (Å²) in [6.45, 7) is 10.0. The number of nitrogens with one attached hydrogen (secondary N) is 1. The molecule has 1 atom stereocenters. The second kappa shape index (κ2) is 6.71. The molecular weight excluding hydrogens is 240 g/mol. The van der Waals surface area contributed by atoms with Gasteiger partial charge in [-0.05, 0) is 64.7 Å². The molecule has 1 rings (SSSR count). The third-order valence-corrected chi connectivity index (χ3v) is 4.55. The van der Waals surface area contributed by atoms with Crippen LogP contribution in [0.1, 0.15) is 46.5 Å². The van der Waals surface area contributed by atoms with Crippen molar-refractivity contribution in [2.45, 2.75) is 52.0 Å². The first kappa shape index (κ1) is 16.4. The number of likely N-dealkylation sites (tertiary alicyclic amines) is 1. The highest BCUT2D eigenvalue weighted by molar-refractivity contribution is 5.80. The highest BCUT2D eigenvalue weighted by atomic mass is 16.5. The van der Waals surface area contributed by atoms with Gasteiger partial charge >= 0.3 is 5.97 Å². The van der Waals surface area contributed by atoms with E-state index in [0.29, 0.717) is 5.41 Å². The van der Waals surface area contributed by atoms with Crippen LogP contribution >= 0.6 is 0 Å². The molecule has 0 saturated carbocycles. The van der Waals surface area contributed by atoms with E-state index >= 15 is 0 Å². The molecule has 0 radical (unpaired) electrons. The Morgan fingerprint density at radius 3 is 2.42 bits per heavy atom. The van der Waals surface area contributed by atoms with Crippen LogP contribution in [0.3, 0.4) is 0 Å². The maximum atomic E-state index is 11.7. The van der Waals surface area contributed by atoms with Gasteiger partial charge in [-0.3, -0.25) is 4.79 Å². The number of ether oxygens (including phenoxy) is 1. The maximum absolute atomic E-state index is 11.7. The van der Waals surface area contributed by atoms with Crippen LogP contribution in [0, 0.1) is 5.41 Å². The Morgan fingerprint density at radius 2 is 1.95 bits per heavy atom. The fourth-order valence-corrected chi connectivity index (χ4v) is 2.59. The monoisotopic (exact) mass is 270 g/mol. The molecule has 1 heterocycles. The van der Waals surface area contributed by atoms with Gasteiger partial charge in [-0.2, -0.15) is 0 Å². The van der Waals surface area contributed by atoms with E-state index in [9.17, 15) is 4.79 Å². The minimum atomic E-state index is -0.552. The van der Waals surface area contributed by atoms with Crippen molar-refractivity contribution in [3.63, 3.8) is 0 Å². The molecule has 0 aliphatic carbocycles. The number of esters is 1. The first-order chi connectivity index (χ1) is 8.83. The zero-order chi connectivity index (χ0) is 14.5. The number of rotatable bonds is 6. The zero-order valence-corrected chi connectivity index (χ0v) is 13.2. The summed E-state index contributed by atoms with van der Waals surface area (Å²) in [7, 11) is 3.27. The molecule has 1 N–H and O–H groups in total. The molecule has 0 aromatic heterocycles. The Bertz CT molecular complexity index is 295. The summed E-state index contributed by atoms with van der Waals surface area (Å²) in [5, 5.41) is 3.09. The number of carbonyl (C=O) groups excluding carboxylic acids is 1. The normalized spacial score (nSPS) is 22.8. The van der Waals surface area contributed by atoms with Gasteiger partial charge in [0.15, 0.2) is 0 Å². The van der Waals surface area contributed by atoms with Crippen molar-refractivity contribution in [3.8, 4) is 0 Å². The third kappa shape index (κ3) is 4.77. The van der Waals surface area contributed by atoms with Crippen molar-refractivity contribution in [2.75, 3.05) is 33.8 Å². The second-order valence-electron chi connectivity index (χ2n) is 6.68. The Labute approximate surface area is 117 Å². The summed E-state index contributed by atoms with van der Waals surface area (Å²) in [5.74, 6) is -0.172. The van der Waals surface area contributed by atoms with Crippen LogP contribution in [0.4, 0.5) is 0 Å². The van der Waals surface area contributed by atoms with Gasteiger partial charge in [0.1, 0.15) is 5.54 Å². The van der Waals surface area contributed by atoms with E-state index in [4.69, 9.17) is 4.74 Å². The molecule has 1 aliphatic heterocycles. The van der Waals surface area contributed by atoms with Crippen molar-refractivity contribution >= 4 is 5.97 Å². The zero-order valence-electron chi connectivity index (χ0n) is 13.2. The molecule has 0 amide bonds. The van der Waals surface area contributed by atoms with E-state index in [1.807, 2.05) is 14.0 Å². The summed E-state index contributed by atoms with van der Waals surface area (Å²) in [6, 6.07) is 0. The highest BCUT2D eigenvalue weighted by Crippen LogP contribution is 2.29. The van der Waals surface area contributed by atoms with E-state index in [0.717, 1.165) is 19.4 Å². The Hall–Kier alpha value is -0.610. The lowest BCUT2D eigenvalue weighted by molar-refractivity contribution is -0.148. The summed E-state index contributed by atoms with van der Waals surface area (Å²) >= 11 is 0. The van der Waals surface area contributed by atoms with E-state index in [1.54, 1.807) is 0 Å². The third-order valence-electron chi connectivity index (χ3n) is 4.55. The van der Waals surface area contributed by atoms with Crippen LogP contribution in [0.5, 0.6) is 0 Å². The van der Waals surface area contributed by atoms with Crippen molar-refractivity contribution < 1.29 is 9.53 Å². The van der Waals surface area contributed by atoms with Gasteiger partial charge in [0.25, 0.3) is 0 Å². The summed E-state index contributed by atoms with van der Waals surface area (Å²) < 4.78 is 4.86. The van der Waals surface area contributed by atoms with Crippen LogP contribution in [0.25, 0.3) is 0 Å². The molecule has 112 valence electrons. The molecule has 0 aromatic rings. The van der Waals surface area contributed by atoms with Gasteiger partial charge in [-0.25, -0.2) is 0 Å². The van der Waals surface area contributed by atoms with Crippen molar-refractivity contribution in [1.29, 1.82) is 0 Å². The van der Waals surface area contributed by atoms with Gasteiger partial charge < -0.3 is 15.0 Å². The predicted molar refractivity (Wildman–Crippen MR) is 78.2 cm³/mol. The molecule has 1 fully saturated rings. The highest BCUT2D eigenvalue weighted by Gasteiger charge is 2.32. The van der Waals surface area contributed by atoms with E-state index in [1.165, 1.54) is 33.0 Å². The topological polar surface area (TPSA) is 41.6 Å².